The summed E-state index contributed by atoms with van der Waals surface area (Å²) >= 11 is 0. The van der Waals surface area contributed by atoms with Crippen molar-refractivity contribution < 1.29 is 33.2 Å². The van der Waals surface area contributed by atoms with Gasteiger partial charge in [-0.2, -0.15) is 0 Å². The lowest BCUT2D eigenvalue weighted by Gasteiger charge is -2.22. The van der Waals surface area contributed by atoms with Crippen LogP contribution in [0, 0.1) is 0 Å². The van der Waals surface area contributed by atoms with E-state index in [0.29, 0.717) is 13.2 Å². The topological polar surface area (TPSA) is 64.6 Å². The van der Waals surface area contributed by atoms with Gasteiger partial charge in [-0.05, 0) is 63.5 Å². The van der Waals surface area contributed by atoms with Crippen molar-refractivity contribution in [2.75, 3.05) is 39.6 Å². The minimum atomic E-state index is -0.493. The smallest absolute Gasteiger partial charge is 0.180 e. The van der Waals surface area contributed by atoms with Crippen molar-refractivity contribution >= 4 is 0 Å². The molecule has 0 radical (unpaired) electrons. The number of ether oxygens (including phenoxy) is 7. The third-order valence-corrected chi connectivity index (χ3v) is 14.8. The molecule has 0 spiro atoms. The van der Waals surface area contributed by atoms with Crippen LogP contribution >= 0.6 is 0 Å². The molecule has 0 heterocycles. The first-order valence-corrected chi connectivity index (χ1v) is 33.8. The maximum Gasteiger partial charge on any atom is 0.180 e. The van der Waals surface area contributed by atoms with Crippen molar-refractivity contribution in [3.05, 3.63) is 24.3 Å². The van der Waals surface area contributed by atoms with Crippen LogP contribution in [0.5, 0.6) is 0 Å². The summed E-state index contributed by atoms with van der Waals surface area (Å²) < 4.78 is 45.6. The van der Waals surface area contributed by atoms with Gasteiger partial charge in [0.05, 0.1) is 13.2 Å². The van der Waals surface area contributed by atoms with Gasteiger partial charge in [0.15, 0.2) is 25.2 Å². The van der Waals surface area contributed by atoms with Crippen LogP contribution in [-0.4, -0.2) is 64.8 Å². The van der Waals surface area contributed by atoms with E-state index in [-0.39, 0.29) is 12.6 Å². The molecule has 0 aliphatic heterocycles. The lowest BCUT2D eigenvalue weighted by Crippen LogP contribution is -2.25. The van der Waals surface area contributed by atoms with E-state index in [0.717, 1.165) is 90.6 Å². The van der Waals surface area contributed by atoms with Gasteiger partial charge in [-0.15, -0.1) is 0 Å². The Balaban J connectivity index is 5.84. The predicted molar refractivity (Wildman–Crippen MR) is 326 cm³/mol. The van der Waals surface area contributed by atoms with Crippen molar-refractivity contribution in [1.82, 2.24) is 0 Å². The standard InChI is InChI=1S/C68H134O7/c1-7-13-19-25-31-35-41-49-59-69-65(70-60-50-42-36-32-26-20-14-8-2)55-45-47-57-67(73-63-53-39-29-23-17-11-5)75-68(74-64-54-40-30-24-18-12-6)58-48-46-56-66(71-61-51-43-37-33-27-21-15-9-3)72-62-52-44-38-34-28-22-16-10-4/h47-48,57-58,65-68H,7-46,49-56,59-64H2,1-6H3. The molecule has 0 aromatic heterocycles. The molecule has 0 aliphatic carbocycles. The van der Waals surface area contributed by atoms with Gasteiger partial charge in [-0.1, -0.05) is 298 Å². The molecule has 0 saturated heterocycles. The number of hydrogen-bond acceptors (Lipinski definition) is 7. The Hall–Kier alpha value is -0.800. The Morgan fingerprint density at radius 2 is 0.413 bits per heavy atom. The van der Waals surface area contributed by atoms with Crippen LogP contribution < -0.4 is 0 Å². The largest absolute Gasteiger partial charge is 0.353 e. The lowest BCUT2D eigenvalue weighted by atomic mass is 10.1. The van der Waals surface area contributed by atoms with Crippen LogP contribution in [0.3, 0.4) is 0 Å². The fourth-order valence-electron chi connectivity index (χ4n) is 9.69. The van der Waals surface area contributed by atoms with Crippen molar-refractivity contribution in [1.29, 1.82) is 0 Å². The number of allylic oxidation sites excluding steroid dienone is 2. The fourth-order valence-corrected chi connectivity index (χ4v) is 9.69. The van der Waals surface area contributed by atoms with E-state index in [1.807, 2.05) is 0 Å². The molecule has 0 amide bonds. The third-order valence-electron chi connectivity index (χ3n) is 14.8. The quantitative estimate of drug-likeness (QED) is 0.0342. The van der Waals surface area contributed by atoms with E-state index < -0.39 is 12.6 Å². The molecule has 0 saturated carbocycles. The second-order valence-corrected chi connectivity index (χ2v) is 22.4. The zero-order chi connectivity index (χ0) is 54.3. The maximum absolute atomic E-state index is 6.74. The average Bonchev–Trinajstić information content (AvgIpc) is 3.42. The Labute approximate surface area is 470 Å². The van der Waals surface area contributed by atoms with Gasteiger partial charge < -0.3 is 33.2 Å². The maximum atomic E-state index is 6.74. The van der Waals surface area contributed by atoms with Gasteiger partial charge in [0.2, 0.25) is 0 Å². The first-order chi connectivity index (χ1) is 37.1. The van der Waals surface area contributed by atoms with E-state index in [1.54, 1.807) is 0 Å². The molecule has 0 fully saturated rings. The second kappa shape index (κ2) is 65.7. The normalized spacial score (nSPS) is 13.0. The van der Waals surface area contributed by atoms with E-state index in [4.69, 9.17) is 33.2 Å². The molecular weight excluding hydrogens is 929 g/mol. The summed E-state index contributed by atoms with van der Waals surface area (Å²) in [6.45, 7) is 18.2. The van der Waals surface area contributed by atoms with Crippen LogP contribution in [0.1, 0.15) is 350 Å². The van der Waals surface area contributed by atoms with Crippen LogP contribution in [0.25, 0.3) is 0 Å². The summed E-state index contributed by atoms with van der Waals surface area (Å²) in [4.78, 5) is 0. The van der Waals surface area contributed by atoms with Gasteiger partial charge >= 0.3 is 0 Å². The highest BCUT2D eigenvalue weighted by molar-refractivity contribution is 4.90. The second-order valence-electron chi connectivity index (χ2n) is 22.4. The highest BCUT2D eigenvalue weighted by Gasteiger charge is 2.16. The summed E-state index contributed by atoms with van der Waals surface area (Å²) in [5, 5.41) is 0. The SMILES string of the molecule is CCCCCCCCCCOC(CCC=CC(OCCCCCCCC)OC(C=CCCC(OCCCCCCCCCC)OCCCCCCCCCC)OCCCCCCCC)OCCCCCCCCCC. The van der Waals surface area contributed by atoms with Crippen molar-refractivity contribution in [3.8, 4) is 0 Å². The van der Waals surface area contributed by atoms with Gasteiger partial charge in [-0.3, -0.25) is 0 Å². The molecule has 0 aromatic rings. The summed E-state index contributed by atoms with van der Waals surface area (Å²) in [7, 11) is 0. The van der Waals surface area contributed by atoms with Gasteiger partial charge in [0.1, 0.15) is 0 Å². The molecule has 2 atom stereocenters. The molecule has 0 N–H and O–H groups in total. The first-order valence-electron chi connectivity index (χ1n) is 33.8. The zero-order valence-electron chi connectivity index (χ0n) is 51.7. The van der Waals surface area contributed by atoms with Crippen molar-refractivity contribution in [2.45, 2.75) is 375 Å². The molecule has 2 unspecified atom stereocenters. The minimum Gasteiger partial charge on any atom is -0.353 e. The summed E-state index contributed by atoms with van der Waals surface area (Å²) in [6, 6.07) is 0. The molecule has 75 heavy (non-hydrogen) atoms. The Kier molecular flexibility index (Phi) is 65.0. The van der Waals surface area contributed by atoms with Gasteiger partial charge in [0.25, 0.3) is 0 Å². The molecule has 0 aliphatic rings. The Bertz CT molecular complexity index is 958. The van der Waals surface area contributed by atoms with Crippen LogP contribution in [-0.2, 0) is 33.2 Å². The zero-order valence-corrected chi connectivity index (χ0v) is 51.7. The monoisotopic (exact) mass is 1060 g/mol. The van der Waals surface area contributed by atoms with Crippen LogP contribution in [0.2, 0.25) is 0 Å². The van der Waals surface area contributed by atoms with Crippen LogP contribution in [0.4, 0.5) is 0 Å². The molecular formula is C68H134O7. The molecule has 0 aromatic carbocycles. The third kappa shape index (κ3) is 59.2. The number of unbranched alkanes of at least 4 members (excludes halogenated alkanes) is 38. The van der Waals surface area contributed by atoms with Crippen LogP contribution in [0.15, 0.2) is 24.3 Å². The molecule has 0 bridgehead atoms. The predicted octanol–water partition coefficient (Wildman–Crippen LogP) is 22.4. The average molecular weight is 1060 g/mol. The lowest BCUT2D eigenvalue weighted by molar-refractivity contribution is -0.208. The van der Waals surface area contributed by atoms with E-state index in [9.17, 15) is 0 Å². The summed E-state index contributed by atoms with van der Waals surface area (Å²) in [6.07, 6.45) is 67.1. The number of hydrogen-bond donors (Lipinski definition) is 0. The van der Waals surface area contributed by atoms with E-state index in [2.05, 4.69) is 65.8 Å². The van der Waals surface area contributed by atoms with Crippen molar-refractivity contribution in [2.24, 2.45) is 0 Å². The minimum absolute atomic E-state index is 0.180. The summed E-state index contributed by atoms with van der Waals surface area (Å²) in [5.41, 5.74) is 0. The van der Waals surface area contributed by atoms with Crippen molar-refractivity contribution in [3.63, 3.8) is 0 Å². The molecule has 448 valence electrons. The Morgan fingerprint density at radius 3 is 0.627 bits per heavy atom. The number of rotatable bonds is 66. The highest BCUT2D eigenvalue weighted by Crippen LogP contribution is 2.18. The first kappa shape index (κ1) is 74.2. The molecule has 0 rings (SSSR count). The van der Waals surface area contributed by atoms with E-state index in [1.165, 1.54) is 244 Å². The fraction of sp³-hybridized carbons (Fsp3) is 0.941. The summed E-state index contributed by atoms with van der Waals surface area (Å²) in [5.74, 6) is 0. The van der Waals surface area contributed by atoms with Gasteiger partial charge in [0, 0.05) is 39.3 Å². The highest BCUT2D eigenvalue weighted by atomic mass is 16.8. The molecule has 7 heteroatoms. The molecule has 7 nitrogen and oxygen atoms in total. The Morgan fingerprint density at radius 1 is 0.227 bits per heavy atom. The van der Waals surface area contributed by atoms with E-state index >= 15 is 0 Å². The van der Waals surface area contributed by atoms with Gasteiger partial charge in [-0.25, -0.2) is 0 Å².